The number of rotatable bonds is 2. The summed E-state index contributed by atoms with van der Waals surface area (Å²) in [6, 6.07) is 5.17. The van der Waals surface area contributed by atoms with Gasteiger partial charge in [0.05, 0.1) is 5.69 Å². The number of ketones is 1. The van der Waals surface area contributed by atoms with Crippen LogP contribution in [0.2, 0.25) is 0 Å². The average Bonchev–Trinajstić information content (AvgIpc) is 2.53. The summed E-state index contributed by atoms with van der Waals surface area (Å²) in [5.41, 5.74) is 0.913. The van der Waals surface area contributed by atoms with Gasteiger partial charge in [-0.1, -0.05) is 0 Å². The van der Waals surface area contributed by atoms with Gasteiger partial charge in [-0.05, 0) is 31.2 Å². The van der Waals surface area contributed by atoms with E-state index in [2.05, 4.69) is 5.10 Å². The maximum atomic E-state index is 12.7. The van der Waals surface area contributed by atoms with Crippen molar-refractivity contribution in [2.24, 2.45) is 7.05 Å². The van der Waals surface area contributed by atoms with Crippen molar-refractivity contribution in [3.63, 3.8) is 0 Å². The Kier molecular flexibility index (Phi) is 2.67. The quantitative estimate of drug-likeness (QED) is 0.806. The molecule has 1 heterocycles. The van der Waals surface area contributed by atoms with Gasteiger partial charge < -0.3 is 5.11 Å². The molecule has 2 aromatic rings. The van der Waals surface area contributed by atoms with Gasteiger partial charge in [-0.25, -0.2) is 9.07 Å². The van der Waals surface area contributed by atoms with Crippen LogP contribution in [0.1, 0.15) is 21.6 Å². The molecule has 0 saturated heterocycles. The molecule has 0 amide bonds. The van der Waals surface area contributed by atoms with Crippen LogP contribution < -0.4 is 0 Å². The zero-order valence-electron chi connectivity index (χ0n) is 9.44. The summed E-state index contributed by atoms with van der Waals surface area (Å²) in [5.74, 6) is -0.960. The third-order valence-corrected chi connectivity index (χ3v) is 2.53. The molecule has 0 aliphatic heterocycles. The lowest BCUT2D eigenvalue weighted by Crippen LogP contribution is -2.02. The van der Waals surface area contributed by atoms with Gasteiger partial charge >= 0.3 is 0 Å². The number of aromatic hydroxyl groups is 1. The molecule has 0 fully saturated rings. The summed E-state index contributed by atoms with van der Waals surface area (Å²) in [6.45, 7) is 1.64. The van der Waals surface area contributed by atoms with Gasteiger partial charge in [-0.3, -0.25) is 4.79 Å². The Morgan fingerprint density at radius 2 is 1.94 bits per heavy atom. The van der Waals surface area contributed by atoms with E-state index < -0.39 is 5.82 Å². The van der Waals surface area contributed by atoms with Gasteiger partial charge in [0.25, 0.3) is 0 Å². The van der Waals surface area contributed by atoms with Gasteiger partial charge in [0.1, 0.15) is 11.4 Å². The lowest BCUT2D eigenvalue weighted by molar-refractivity contribution is 0.103. The molecule has 17 heavy (non-hydrogen) atoms. The third kappa shape index (κ3) is 1.91. The van der Waals surface area contributed by atoms with E-state index >= 15 is 0 Å². The molecule has 0 saturated carbocycles. The molecule has 1 aromatic carbocycles. The van der Waals surface area contributed by atoms with Crippen molar-refractivity contribution >= 4 is 5.78 Å². The van der Waals surface area contributed by atoms with Gasteiger partial charge in [-0.15, -0.1) is 0 Å². The second-order valence-corrected chi connectivity index (χ2v) is 3.74. The predicted molar refractivity (Wildman–Crippen MR) is 59.4 cm³/mol. The Bertz CT molecular complexity index is 573. The molecule has 1 aromatic heterocycles. The predicted octanol–water partition coefficient (Wildman–Crippen LogP) is 1.80. The van der Waals surface area contributed by atoms with Crippen LogP contribution in [0.3, 0.4) is 0 Å². The largest absolute Gasteiger partial charge is 0.493 e. The van der Waals surface area contributed by atoms with Crippen molar-refractivity contribution in [2.75, 3.05) is 0 Å². The number of aromatic nitrogens is 2. The first-order valence-corrected chi connectivity index (χ1v) is 5.03. The Hall–Kier alpha value is -2.17. The molecule has 0 aliphatic rings. The van der Waals surface area contributed by atoms with E-state index in [1.54, 1.807) is 14.0 Å². The number of nitrogens with zero attached hydrogens (tertiary/aromatic N) is 2. The first-order valence-electron chi connectivity index (χ1n) is 5.03. The molecule has 0 bridgehead atoms. The van der Waals surface area contributed by atoms with Crippen LogP contribution in [0.4, 0.5) is 4.39 Å². The zero-order chi connectivity index (χ0) is 12.6. The Balaban J connectivity index is 2.47. The highest BCUT2D eigenvalue weighted by Gasteiger charge is 2.20. The Labute approximate surface area is 97.3 Å². The number of carbonyl (C=O) groups is 1. The highest BCUT2D eigenvalue weighted by Crippen LogP contribution is 2.23. The van der Waals surface area contributed by atoms with Crippen molar-refractivity contribution in [2.45, 2.75) is 6.92 Å². The first-order chi connectivity index (χ1) is 8.00. The summed E-state index contributed by atoms with van der Waals surface area (Å²) >= 11 is 0. The molecule has 0 radical (unpaired) electrons. The van der Waals surface area contributed by atoms with Crippen molar-refractivity contribution < 1.29 is 14.3 Å². The lowest BCUT2D eigenvalue weighted by atomic mass is 10.0. The SMILES string of the molecule is Cc1nn(C)c(O)c1C(=O)c1ccc(F)cc1. The van der Waals surface area contributed by atoms with E-state index in [4.69, 9.17) is 0 Å². The van der Waals surface area contributed by atoms with Crippen molar-refractivity contribution in [1.29, 1.82) is 0 Å². The van der Waals surface area contributed by atoms with E-state index in [0.717, 1.165) is 0 Å². The number of halogens is 1. The molecule has 0 aliphatic carbocycles. The standard InChI is InChI=1S/C12H11FN2O2/c1-7-10(12(17)15(2)14-7)11(16)8-3-5-9(13)6-4-8/h3-6,17H,1-2H3. The molecule has 0 unspecified atom stereocenters. The van der Waals surface area contributed by atoms with Crippen molar-refractivity contribution in [1.82, 2.24) is 9.78 Å². The molecular weight excluding hydrogens is 223 g/mol. The van der Waals surface area contributed by atoms with Crippen LogP contribution in [-0.4, -0.2) is 20.7 Å². The fourth-order valence-corrected chi connectivity index (χ4v) is 1.66. The number of carbonyl (C=O) groups excluding carboxylic acids is 1. The van der Waals surface area contributed by atoms with Crippen LogP contribution in [0.5, 0.6) is 5.88 Å². The van der Waals surface area contributed by atoms with Crippen LogP contribution in [0.15, 0.2) is 24.3 Å². The van der Waals surface area contributed by atoms with E-state index in [9.17, 15) is 14.3 Å². The molecule has 5 heteroatoms. The number of hydrogen-bond acceptors (Lipinski definition) is 3. The summed E-state index contributed by atoms with van der Waals surface area (Å²) in [5, 5.41) is 13.7. The van der Waals surface area contributed by atoms with Gasteiger partial charge in [0.2, 0.25) is 5.88 Å². The van der Waals surface area contributed by atoms with Gasteiger partial charge in [0.15, 0.2) is 5.78 Å². The second kappa shape index (κ2) is 4.01. The van der Waals surface area contributed by atoms with Crippen LogP contribution in [0, 0.1) is 12.7 Å². The highest BCUT2D eigenvalue weighted by atomic mass is 19.1. The van der Waals surface area contributed by atoms with Crippen LogP contribution in [-0.2, 0) is 7.05 Å². The van der Waals surface area contributed by atoms with E-state index in [0.29, 0.717) is 11.3 Å². The normalized spacial score (nSPS) is 10.5. The monoisotopic (exact) mass is 234 g/mol. The van der Waals surface area contributed by atoms with Gasteiger partial charge in [0, 0.05) is 12.6 Å². The Morgan fingerprint density at radius 1 is 1.35 bits per heavy atom. The summed E-state index contributed by atoms with van der Waals surface area (Å²) in [6.07, 6.45) is 0. The topological polar surface area (TPSA) is 55.1 Å². The number of hydrogen-bond donors (Lipinski definition) is 1. The minimum Gasteiger partial charge on any atom is -0.493 e. The lowest BCUT2D eigenvalue weighted by Gasteiger charge is -2.00. The smallest absolute Gasteiger partial charge is 0.220 e. The fraction of sp³-hybridized carbons (Fsp3) is 0.167. The molecule has 0 spiro atoms. The minimum atomic E-state index is -0.409. The average molecular weight is 234 g/mol. The Morgan fingerprint density at radius 3 is 2.41 bits per heavy atom. The van der Waals surface area contributed by atoms with Crippen molar-refractivity contribution in [3.05, 3.63) is 46.9 Å². The van der Waals surface area contributed by atoms with E-state index in [-0.39, 0.29) is 17.2 Å². The number of benzene rings is 1. The summed E-state index contributed by atoms with van der Waals surface area (Å²) < 4.78 is 14.0. The van der Waals surface area contributed by atoms with E-state index in [1.807, 2.05) is 0 Å². The van der Waals surface area contributed by atoms with E-state index in [1.165, 1.54) is 28.9 Å². The van der Waals surface area contributed by atoms with Gasteiger partial charge in [-0.2, -0.15) is 5.10 Å². The summed E-state index contributed by atoms with van der Waals surface area (Å²) in [7, 11) is 1.55. The first kappa shape index (κ1) is 11.3. The molecule has 2 rings (SSSR count). The molecule has 0 atom stereocenters. The molecule has 88 valence electrons. The molecule has 1 N–H and O–H groups in total. The zero-order valence-corrected chi connectivity index (χ0v) is 9.44. The second-order valence-electron chi connectivity index (χ2n) is 3.74. The van der Waals surface area contributed by atoms with Crippen LogP contribution >= 0.6 is 0 Å². The number of aryl methyl sites for hydroxylation is 2. The van der Waals surface area contributed by atoms with Crippen molar-refractivity contribution in [3.8, 4) is 5.88 Å². The molecule has 4 nitrogen and oxygen atoms in total. The third-order valence-electron chi connectivity index (χ3n) is 2.53. The highest BCUT2D eigenvalue weighted by molar-refractivity contribution is 6.11. The summed E-state index contributed by atoms with van der Waals surface area (Å²) in [4.78, 5) is 12.1. The maximum Gasteiger partial charge on any atom is 0.220 e. The maximum absolute atomic E-state index is 12.7. The van der Waals surface area contributed by atoms with Crippen LogP contribution in [0.25, 0.3) is 0 Å². The molecular formula is C12H11FN2O2. The minimum absolute atomic E-state index is 0.152. The fourth-order valence-electron chi connectivity index (χ4n) is 1.66.